The highest BCUT2D eigenvalue weighted by Gasteiger charge is 2.11. The van der Waals surface area contributed by atoms with Crippen LogP contribution in [0.4, 0.5) is 5.69 Å². The van der Waals surface area contributed by atoms with Crippen molar-refractivity contribution in [1.82, 2.24) is 5.32 Å². The van der Waals surface area contributed by atoms with Gasteiger partial charge in [0.1, 0.15) is 5.75 Å². The van der Waals surface area contributed by atoms with Gasteiger partial charge < -0.3 is 15.4 Å². The molecule has 3 heteroatoms. The quantitative estimate of drug-likeness (QED) is 0.825. The van der Waals surface area contributed by atoms with Gasteiger partial charge in [-0.2, -0.15) is 0 Å². The van der Waals surface area contributed by atoms with E-state index in [0.717, 1.165) is 18.2 Å². The zero-order valence-electron chi connectivity index (χ0n) is 12.1. The Morgan fingerprint density at radius 3 is 2.53 bits per heavy atom. The predicted molar refractivity (Wildman–Crippen MR) is 80.9 cm³/mol. The van der Waals surface area contributed by atoms with Crippen LogP contribution in [0.15, 0.2) is 24.3 Å². The van der Waals surface area contributed by atoms with Crippen molar-refractivity contribution in [1.29, 1.82) is 0 Å². The molecule has 1 saturated heterocycles. The maximum absolute atomic E-state index is 5.63. The Bertz CT molecular complexity index is 356. The normalized spacial score (nSPS) is 16.6. The van der Waals surface area contributed by atoms with Gasteiger partial charge >= 0.3 is 0 Å². The van der Waals surface area contributed by atoms with E-state index in [1.807, 2.05) is 26.0 Å². The summed E-state index contributed by atoms with van der Waals surface area (Å²) in [6, 6.07) is 8.26. The summed E-state index contributed by atoms with van der Waals surface area (Å²) in [4.78, 5) is 0. The summed E-state index contributed by atoms with van der Waals surface area (Å²) < 4.78 is 5.63. The molecule has 1 aromatic carbocycles. The van der Waals surface area contributed by atoms with Crippen LogP contribution < -0.4 is 15.4 Å². The van der Waals surface area contributed by atoms with Gasteiger partial charge in [0.15, 0.2) is 0 Å². The predicted octanol–water partition coefficient (Wildman–Crippen LogP) is 3.28. The van der Waals surface area contributed by atoms with Crippen molar-refractivity contribution in [2.45, 2.75) is 39.2 Å². The molecular weight excluding hydrogens is 236 g/mol. The molecule has 1 aromatic rings. The molecule has 1 fully saturated rings. The highest BCUT2D eigenvalue weighted by molar-refractivity contribution is 5.46. The Morgan fingerprint density at radius 1 is 1.21 bits per heavy atom. The lowest BCUT2D eigenvalue weighted by Gasteiger charge is -2.22. The largest absolute Gasteiger partial charge is 0.491 e. The second kappa shape index (κ2) is 7.39. The first-order valence-electron chi connectivity index (χ1n) is 7.45. The van der Waals surface area contributed by atoms with Crippen LogP contribution in [0.3, 0.4) is 0 Å². The Hall–Kier alpha value is -1.22. The first kappa shape index (κ1) is 14.2. The highest BCUT2D eigenvalue weighted by Crippen LogP contribution is 2.19. The minimum atomic E-state index is 0.235. The van der Waals surface area contributed by atoms with Gasteiger partial charge in [-0.15, -0.1) is 0 Å². The van der Waals surface area contributed by atoms with E-state index in [1.54, 1.807) is 0 Å². The third-order valence-electron chi connectivity index (χ3n) is 3.57. The molecule has 19 heavy (non-hydrogen) atoms. The van der Waals surface area contributed by atoms with E-state index < -0.39 is 0 Å². The molecule has 0 unspecified atom stereocenters. The van der Waals surface area contributed by atoms with Crippen molar-refractivity contribution in [3.05, 3.63) is 24.3 Å². The Morgan fingerprint density at radius 2 is 1.89 bits per heavy atom. The van der Waals surface area contributed by atoms with Crippen molar-refractivity contribution in [3.8, 4) is 5.75 Å². The molecule has 0 amide bonds. The second-order valence-corrected chi connectivity index (χ2v) is 5.60. The van der Waals surface area contributed by atoms with Crippen LogP contribution >= 0.6 is 0 Å². The van der Waals surface area contributed by atoms with E-state index in [9.17, 15) is 0 Å². The van der Waals surface area contributed by atoms with Crippen LogP contribution in [-0.4, -0.2) is 25.7 Å². The van der Waals surface area contributed by atoms with Gasteiger partial charge in [0.25, 0.3) is 0 Å². The van der Waals surface area contributed by atoms with Crippen molar-refractivity contribution < 1.29 is 4.74 Å². The number of nitrogens with one attached hydrogen (secondary N) is 2. The molecule has 1 aliphatic heterocycles. The second-order valence-electron chi connectivity index (χ2n) is 5.60. The maximum Gasteiger partial charge on any atom is 0.119 e. The number of piperidine rings is 1. The molecule has 0 bridgehead atoms. The van der Waals surface area contributed by atoms with E-state index >= 15 is 0 Å². The number of anilines is 1. The third-order valence-corrected chi connectivity index (χ3v) is 3.57. The highest BCUT2D eigenvalue weighted by atomic mass is 16.5. The molecule has 3 nitrogen and oxygen atoms in total. The standard InChI is InChI=1S/C16H26N2O/c1-13(2)19-16-5-3-15(4-6-16)18-12-9-14-7-10-17-11-8-14/h3-6,13-14,17-18H,7-12H2,1-2H3. The zero-order chi connectivity index (χ0) is 13.5. The molecule has 0 atom stereocenters. The molecule has 106 valence electrons. The molecule has 2 N–H and O–H groups in total. The van der Waals surface area contributed by atoms with Crippen LogP contribution in [0.2, 0.25) is 0 Å². The fraction of sp³-hybridized carbons (Fsp3) is 0.625. The Kier molecular flexibility index (Phi) is 5.52. The monoisotopic (exact) mass is 262 g/mol. The van der Waals surface area contributed by atoms with Crippen LogP contribution in [-0.2, 0) is 0 Å². The van der Waals surface area contributed by atoms with Gasteiger partial charge in [-0.05, 0) is 76.4 Å². The number of hydrogen-bond acceptors (Lipinski definition) is 3. The molecule has 0 spiro atoms. The topological polar surface area (TPSA) is 33.3 Å². The summed E-state index contributed by atoms with van der Waals surface area (Å²) in [6.07, 6.45) is 4.15. The fourth-order valence-electron chi connectivity index (χ4n) is 2.51. The molecule has 1 heterocycles. The number of ether oxygens (including phenoxy) is 1. The van der Waals surface area contributed by atoms with Crippen LogP contribution in [0.1, 0.15) is 33.1 Å². The first-order valence-corrected chi connectivity index (χ1v) is 7.45. The van der Waals surface area contributed by atoms with E-state index in [2.05, 4.69) is 22.8 Å². The molecular formula is C16H26N2O. The minimum Gasteiger partial charge on any atom is -0.491 e. The van der Waals surface area contributed by atoms with Crippen molar-refractivity contribution in [2.75, 3.05) is 25.0 Å². The average molecular weight is 262 g/mol. The van der Waals surface area contributed by atoms with Crippen LogP contribution in [0.25, 0.3) is 0 Å². The van der Waals surface area contributed by atoms with Gasteiger partial charge in [-0.1, -0.05) is 0 Å². The average Bonchev–Trinajstić information content (AvgIpc) is 2.41. The maximum atomic E-state index is 5.63. The summed E-state index contributed by atoms with van der Waals surface area (Å²) in [7, 11) is 0. The van der Waals surface area contributed by atoms with Crippen molar-refractivity contribution >= 4 is 5.69 Å². The van der Waals surface area contributed by atoms with E-state index in [1.165, 1.54) is 38.0 Å². The summed E-state index contributed by atoms with van der Waals surface area (Å²) in [5.74, 6) is 1.83. The SMILES string of the molecule is CC(C)Oc1ccc(NCCC2CCNCC2)cc1. The van der Waals surface area contributed by atoms with Gasteiger partial charge in [0.05, 0.1) is 6.10 Å². The van der Waals surface area contributed by atoms with Gasteiger partial charge in [-0.25, -0.2) is 0 Å². The van der Waals surface area contributed by atoms with Crippen LogP contribution in [0, 0.1) is 5.92 Å². The molecule has 0 saturated carbocycles. The Balaban J connectivity index is 1.70. The zero-order valence-corrected chi connectivity index (χ0v) is 12.1. The van der Waals surface area contributed by atoms with Crippen molar-refractivity contribution in [2.24, 2.45) is 5.92 Å². The number of benzene rings is 1. The summed E-state index contributed by atoms with van der Waals surface area (Å²) in [6.45, 7) is 7.53. The molecule has 0 aromatic heterocycles. The molecule has 0 aliphatic carbocycles. The summed E-state index contributed by atoms with van der Waals surface area (Å²) in [5, 5.41) is 6.91. The number of rotatable bonds is 6. The lowest BCUT2D eigenvalue weighted by molar-refractivity contribution is 0.242. The molecule has 2 rings (SSSR count). The lowest BCUT2D eigenvalue weighted by Crippen LogP contribution is -2.28. The van der Waals surface area contributed by atoms with E-state index in [0.29, 0.717) is 0 Å². The van der Waals surface area contributed by atoms with Gasteiger partial charge in [-0.3, -0.25) is 0 Å². The number of hydrogen-bond donors (Lipinski definition) is 2. The van der Waals surface area contributed by atoms with Crippen LogP contribution in [0.5, 0.6) is 5.75 Å². The smallest absolute Gasteiger partial charge is 0.119 e. The molecule has 1 aliphatic rings. The fourth-order valence-corrected chi connectivity index (χ4v) is 2.51. The summed E-state index contributed by atoms with van der Waals surface area (Å²) in [5.41, 5.74) is 1.19. The van der Waals surface area contributed by atoms with Gasteiger partial charge in [0, 0.05) is 12.2 Å². The summed E-state index contributed by atoms with van der Waals surface area (Å²) >= 11 is 0. The third kappa shape index (κ3) is 5.11. The minimum absolute atomic E-state index is 0.235. The lowest BCUT2D eigenvalue weighted by atomic mass is 9.95. The first-order chi connectivity index (χ1) is 9.24. The van der Waals surface area contributed by atoms with E-state index in [4.69, 9.17) is 4.74 Å². The van der Waals surface area contributed by atoms with E-state index in [-0.39, 0.29) is 6.10 Å². The molecule has 0 radical (unpaired) electrons. The van der Waals surface area contributed by atoms with Gasteiger partial charge in [0.2, 0.25) is 0 Å². The Labute approximate surface area is 116 Å². The van der Waals surface area contributed by atoms with Crippen molar-refractivity contribution in [3.63, 3.8) is 0 Å².